The molecule has 0 saturated carbocycles. The number of hydrogen-bond acceptors (Lipinski definition) is 6. The lowest BCUT2D eigenvalue weighted by Crippen LogP contribution is -2.20. The monoisotopic (exact) mass is 195 g/mol. The second kappa shape index (κ2) is 3.49. The van der Waals surface area contributed by atoms with Gasteiger partial charge in [-0.3, -0.25) is 0 Å². The Morgan fingerprint density at radius 3 is 3.29 bits per heavy atom. The molecule has 6 nitrogen and oxygen atoms in total. The van der Waals surface area contributed by atoms with Crippen molar-refractivity contribution in [2.75, 3.05) is 25.6 Å². The lowest BCUT2D eigenvalue weighted by atomic mass is 10.3. The molecule has 0 aliphatic carbocycles. The Morgan fingerprint density at radius 2 is 2.50 bits per heavy atom. The molecular weight excluding hydrogens is 186 g/mol. The van der Waals surface area contributed by atoms with Gasteiger partial charge >= 0.3 is 5.97 Å². The number of anilines is 1. The van der Waals surface area contributed by atoms with Crippen LogP contribution < -0.4 is 10.1 Å². The molecule has 1 N–H and O–H groups in total. The lowest BCUT2D eigenvalue weighted by molar-refractivity contribution is 0.0592. The third-order valence-electron chi connectivity index (χ3n) is 1.81. The van der Waals surface area contributed by atoms with Crippen molar-refractivity contribution in [1.82, 2.24) is 10.2 Å². The maximum absolute atomic E-state index is 11.1. The average molecular weight is 195 g/mol. The predicted octanol–water partition coefficient (Wildman–Crippen LogP) is 0.0675. The molecule has 1 aromatic heterocycles. The minimum Gasteiger partial charge on any atom is -0.473 e. The number of carbonyl (C=O) groups is 1. The van der Waals surface area contributed by atoms with E-state index in [9.17, 15) is 4.79 Å². The number of methoxy groups -OCH3 is 1. The van der Waals surface area contributed by atoms with Crippen molar-refractivity contribution in [2.24, 2.45) is 0 Å². The largest absolute Gasteiger partial charge is 0.473 e. The molecule has 0 unspecified atom stereocenters. The van der Waals surface area contributed by atoms with E-state index in [0.29, 0.717) is 24.7 Å². The van der Waals surface area contributed by atoms with E-state index in [2.05, 4.69) is 20.3 Å². The van der Waals surface area contributed by atoms with Gasteiger partial charge in [-0.05, 0) is 0 Å². The summed E-state index contributed by atoms with van der Waals surface area (Å²) in [6.07, 6.45) is 0. The number of fused-ring (bicyclic) bond motifs is 1. The van der Waals surface area contributed by atoms with Crippen LogP contribution in [0.15, 0.2) is 6.07 Å². The molecule has 1 aromatic rings. The van der Waals surface area contributed by atoms with Gasteiger partial charge in [0, 0.05) is 12.6 Å². The summed E-state index contributed by atoms with van der Waals surface area (Å²) in [5, 5.41) is 10.5. The Kier molecular flexibility index (Phi) is 2.18. The number of rotatable bonds is 1. The first-order valence-corrected chi connectivity index (χ1v) is 4.14. The molecule has 1 aliphatic rings. The summed E-state index contributed by atoms with van der Waals surface area (Å²) in [6.45, 7) is 1.25. The summed E-state index contributed by atoms with van der Waals surface area (Å²) in [7, 11) is 1.30. The van der Waals surface area contributed by atoms with Crippen molar-refractivity contribution in [1.29, 1.82) is 0 Å². The Bertz CT molecular complexity index is 367. The van der Waals surface area contributed by atoms with Gasteiger partial charge in [-0.15, -0.1) is 10.2 Å². The Labute approximate surface area is 80.2 Å². The minimum atomic E-state index is -0.507. The van der Waals surface area contributed by atoms with Gasteiger partial charge in [0.2, 0.25) is 0 Å². The summed E-state index contributed by atoms with van der Waals surface area (Å²) < 4.78 is 9.72. The smallest absolute Gasteiger partial charge is 0.358 e. The zero-order chi connectivity index (χ0) is 9.97. The standard InChI is InChI=1S/C8H9N3O3/c1-13-8(12)6-4-5-7(11-10-6)14-3-2-9-5/h4,9H,2-3H2,1H3. The van der Waals surface area contributed by atoms with Gasteiger partial charge in [-0.25, -0.2) is 4.79 Å². The van der Waals surface area contributed by atoms with Crippen molar-refractivity contribution in [3.05, 3.63) is 11.8 Å². The molecular formula is C8H9N3O3. The van der Waals surface area contributed by atoms with Gasteiger partial charge in [0.25, 0.3) is 5.88 Å². The molecule has 0 saturated heterocycles. The van der Waals surface area contributed by atoms with Crippen molar-refractivity contribution >= 4 is 11.7 Å². The highest BCUT2D eigenvalue weighted by atomic mass is 16.5. The zero-order valence-corrected chi connectivity index (χ0v) is 7.61. The van der Waals surface area contributed by atoms with Crippen LogP contribution in [0.25, 0.3) is 0 Å². The number of carbonyl (C=O) groups excluding carboxylic acids is 1. The maximum atomic E-state index is 11.1. The van der Waals surface area contributed by atoms with E-state index in [1.165, 1.54) is 7.11 Å². The average Bonchev–Trinajstić information content (AvgIpc) is 2.27. The van der Waals surface area contributed by atoms with Crippen molar-refractivity contribution in [3.8, 4) is 5.88 Å². The van der Waals surface area contributed by atoms with Crippen molar-refractivity contribution in [2.45, 2.75) is 0 Å². The Morgan fingerprint density at radius 1 is 1.64 bits per heavy atom. The molecule has 0 fully saturated rings. The number of nitrogens with one attached hydrogen (secondary N) is 1. The van der Waals surface area contributed by atoms with E-state index in [-0.39, 0.29) is 5.69 Å². The molecule has 1 aliphatic heterocycles. The van der Waals surface area contributed by atoms with Gasteiger partial charge < -0.3 is 14.8 Å². The quantitative estimate of drug-likeness (QED) is 0.639. The van der Waals surface area contributed by atoms with Gasteiger partial charge in [-0.2, -0.15) is 0 Å². The molecule has 0 amide bonds. The summed E-state index contributed by atoms with van der Waals surface area (Å²) in [5.41, 5.74) is 0.843. The highest BCUT2D eigenvalue weighted by Gasteiger charge is 2.16. The van der Waals surface area contributed by atoms with Gasteiger partial charge in [0.1, 0.15) is 12.3 Å². The van der Waals surface area contributed by atoms with E-state index < -0.39 is 5.97 Å². The molecule has 2 rings (SSSR count). The number of hydrogen-bond donors (Lipinski definition) is 1. The first-order valence-electron chi connectivity index (χ1n) is 4.14. The van der Waals surface area contributed by atoms with Crippen LogP contribution in [0.4, 0.5) is 5.69 Å². The van der Waals surface area contributed by atoms with Gasteiger partial charge in [0.15, 0.2) is 5.69 Å². The fraction of sp³-hybridized carbons (Fsp3) is 0.375. The molecule has 14 heavy (non-hydrogen) atoms. The van der Waals surface area contributed by atoms with Crippen LogP contribution in [-0.2, 0) is 4.74 Å². The SMILES string of the molecule is COC(=O)c1cc2c(nn1)OCCN2. The van der Waals surface area contributed by atoms with Gasteiger partial charge in [0.05, 0.1) is 7.11 Å². The third kappa shape index (κ3) is 1.46. The fourth-order valence-electron chi connectivity index (χ4n) is 1.15. The summed E-state index contributed by atoms with van der Waals surface area (Å²) in [6, 6.07) is 1.56. The van der Waals surface area contributed by atoms with Crippen LogP contribution in [0.5, 0.6) is 5.88 Å². The normalized spacial score (nSPS) is 13.5. The van der Waals surface area contributed by atoms with Crippen LogP contribution in [0.2, 0.25) is 0 Å². The molecule has 0 bridgehead atoms. The lowest BCUT2D eigenvalue weighted by Gasteiger charge is -2.16. The van der Waals surface area contributed by atoms with Crippen LogP contribution in [-0.4, -0.2) is 36.4 Å². The maximum Gasteiger partial charge on any atom is 0.358 e. The highest BCUT2D eigenvalue weighted by Crippen LogP contribution is 2.23. The van der Waals surface area contributed by atoms with E-state index in [4.69, 9.17) is 4.74 Å². The molecule has 6 heteroatoms. The molecule has 0 aromatic carbocycles. The van der Waals surface area contributed by atoms with Crippen LogP contribution in [0.3, 0.4) is 0 Å². The summed E-state index contributed by atoms with van der Waals surface area (Å²) in [4.78, 5) is 11.1. The second-order valence-corrected chi connectivity index (χ2v) is 2.72. The Hall–Kier alpha value is -1.85. The van der Waals surface area contributed by atoms with E-state index in [1.54, 1.807) is 6.07 Å². The van der Waals surface area contributed by atoms with E-state index >= 15 is 0 Å². The first-order chi connectivity index (χ1) is 6.81. The zero-order valence-electron chi connectivity index (χ0n) is 7.61. The second-order valence-electron chi connectivity index (χ2n) is 2.72. The number of nitrogens with zero attached hydrogens (tertiary/aromatic N) is 2. The molecule has 0 atom stereocenters. The number of ether oxygens (including phenoxy) is 2. The molecule has 0 radical (unpaired) electrons. The minimum absolute atomic E-state index is 0.171. The third-order valence-corrected chi connectivity index (χ3v) is 1.81. The topological polar surface area (TPSA) is 73.3 Å². The highest BCUT2D eigenvalue weighted by molar-refractivity contribution is 5.88. The van der Waals surface area contributed by atoms with Crippen molar-refractivity contribution < 1.29 is 14.3 Å². The fourth-order valence-corrected chi connectivity index (χ4v) is 1.15. The van der Waals surface area contributed by atoms with Crippen LogP contribution in [0.1, 0.15) is 10.5 Å². The summed E-state index contributed by atoms with van der Waals surface area (Å²) >= 11 is 0. The van der Waals surface area contributed by atoms with E-state index in [0.717, 1.165) is 0 Å². The van der Waals surface area contributed by atoms with Gasteiger partial charge in [-0.1, -0.05) is 0 Å². The predicted molar refractivity (Wildman–Crippen MR) is 47.4 cm³/mol. The first kappa shape index (κ1) is 8.74. The Balaban J connectivity index is 2.33. The van der Waals surface area contributed by atoms with Crippen LogP contribution >= 0.6 is 0 Å². The molecule has 0 spiro atoms. The van der Waals surface area contributed by atoms with E-state index in [1.807, 2.05) is 0 Å². The summed E-state index contributed by atoms with van der Waals surface area (Å²) in [5.74, 6) is -0.0865. The molecule has 2 heterocycles. The number of esters is 1. The molecule has 74 valence electrons. The number of aromatic nitrogens is 2. The van der Waals surface area contributed by atoms with Crippen molar-refractivity contribution in [3.63, 3.8) is 0 Å². The van der Waals surface area contributed by atoms with Crippen LogP contribution in [0, 0.1) is 0 Å².